The molecule has 0 spiro atoms. The Labute approximate surface area is 255 Å². The maximum atomic E-state index is 11.8. The van der Waals surface area contributed by atoms with E-state index in [1.54, 1.807) is 24.5 Å². The molecule has 0 atom stereocenters. The van der Waals surface area contributed by atoms with Crippen molar-refractivity contribution in [2.24, 2.45) is 0 Å². The molecular weight excluding hydrogens is 548 g/mol. The largest absolute Gasteiger partial charge is 0.460 e. The van der Waals surface area contributed by atoms with Crippen molar-refractivity contribution in [1.29, 1.82) is 0 Å². The standard InChI is InChI=1S/C19H17NO2.C19H19NO2/c1-19(2,3)16-8-14-13-9-17(21)20-10-15(13)11-6-4-5-7-12(11)18(14)22-16;1-19(2,3)16-12-15(14-9-10-20-17(21)11-14)18(22-16)13-7-5-4-6-8-13/h4-10H,1-3H3,(H,20,21);4-12H,1-3H3,(H,20,21). The number of nitrogens with one attached hydrogen (secondary N) is 2. The van der Waals surface area contributed by atoms with Crippen LogP contribution in [0, 0.1) is 0 Å². The minimum Gasteiger partial charge on any atom is -0.460 e. The van der Waals surface area contributed by atoms with Crippen molar-refractivity contribution in [3.63, 3.8) is 0 Å². The number of pyridine rings is 2. The number of hydrogen-bond donors (Lipinski definition) is 2. The summed E-state index contributed by atoms with van der Waals surface area (Å²) < 4.78 is 12.3. The highest BCUT2D eigenvalue weighted by Crippen LogP contribution is 2.40. The summed E-state index contributed by atoms with van der Waals surface area (Å²) >= 11 is 0. The second-order valence-corrected chi connectivity index (χ2v) is 13.2. The number of fused-ring (bicyclic) bond motifs is 6. The van der Waals surface area contributed by atoms with Gasteiger partial charge in [-0.05, 0) is 29.1 Å². The average Bonchev–Trinajstić information content (AvgIpc) is 3.65. The highest BCUT2D eigenvalue weighted by atomic mass is 16.3. The van der Waals surface area contributed by atoms with E-state index in [1.165, 1.54) is 0 Å². The first kappa shape index (κ1) is 29.0. The molecule has 0 unspecified atom stereocenters. The first-order valence-corrected chi connectivity index (χ1v) is 14.8. The van der Waals surface area contributed by atoms with Crippen molar-refractivity contribution in [3.8, 4) is 22.5 Å². The van der Waals surface area contributed by atoms with Crippen LogP contribution in [-0.2, 0) is 10.8 Å². The summed E-state index contributed by atoms with van der Waals surface area (Å²) in [6.45, 7) is 12.7. The summed E-state index contributed by atoms with van der Waals surface area (Å²) in [7, 11) is 0. The molecule has 0 amide bonds. The average molecular weight is 585 g/mol. The number of rotatable bonds is 2. The van der Waals surface area contributed by atoms with Gasteiger partial charge in [-0.2, -0.15) is 0 Å². The van der Waals surface area contributed by atoms with Crippen molar-refractivity contribution in [2.75, 3.05) is 0 Å². The minimum atomic E-state index is -0.116. The first-order chi connectivity index (χ1) is 20.9. The molecule has 6 heteroatoms. The van der Waals surface area contributed by atoms with Gasteiger partial charge in [0.1, 0.15) is 22.9 Å². The van der Waals surface area contributed by atoms with E-state index in [-0.39, 0.29) is 21.9 Å². The Hall–Kier alpha value is -5.10. The van der Waals surface area contributed by atoms with Gasteiger partial charge in [0, 0.05) is 68.0 Å². The molecule has 3 aromatic carbocycles. The predicted molar refractivity (Wildman–Crippen MR) is 179 cm³/mol. The zero-order valence-corrected chi connectivity index (χ0v) is 25.9. The maximum absolute atomic E-state index is 11.8. The monoisotopic (exact) mass is 584 g/mol. The molecule has 4 aromatic heterocycles. The molecule has 7 rings (SSSR count). The SMILES string of the molecule is CC(C)(C)c1cc(-c2cc[nH]c(=O)c2)c(-c2ccccc2)o1.CC(C)(C)c1cc2c3cc(=O)[nH]cc3c3ccccc3c2o1. The van der Waals surface area contributed by atoms with Crippen molar-refractivity contribution in [1.82, 2.24) is 9.97 Å². The number of H-pyrrole nitrogens is 2. The number of aromatic amines is 2. The van der Waals surface area contributed by atoms with Gasteiger partial charge in [0.05, 0.1) is 0 Å². The molecule has 6 nitrogen and oxygen atoms in total. The van der Waals surface area contributed by atoms with Gasteiger partial charge in [0.25, 0.3) is 0 Å². The van der Waals surface area contributed by atoms with Crippen LogP contribution in [-0.4, -0.2) is 9.97 Å². The Morgan fingerprint density at radius 1 is 0.545 bits per heavy atom. The molecule has 0 radical (unpaired) electrons. The molecule has 44 heavy (non-hydrogen) atoms. The van der Waals surface area contributed by atoms with Crippen LogP contribution in [0.3, 0.4) is 0 Å². The van der Waals surface area contributed by atoms with E-state index in [0.29, 0.717) is 0 Å². The lowest BCUT2D eigenvalue weighted by atomic mass is 9.92. The van der Waals surface area contributed by atoms with Crippen LogP contribution in [0.5, 0.6) is 0 Å². The van der Waals surface area contributed by atoms with Gasteiger partial charge in [-0.3, -0.25) is 9.59 Å². The van der Waals surface area contributed by atoms with Gasteiger partial charge >= 0.3 is 0 Å². The predicted octanol–water partition coefficient (Wildman–Crippen LogP) is 9.32. The van der Waals surface area contributed by atoms with Gasteiger partial charge in [-0.25, -0.2) is 0 Å². The van der Waals surface area contributed by atoms with Crippen molar-refractivity contribution in [3.05, 3.63) is 130 Å². The Bertz CT molecular complexity index is 2230. The number of benzene rings is 3. The van der Waals surface area contributed by atoms with Crippen LogP contribution in [0.1, 0.15) is 53.1 Å². The van der Waals surface area contributed by atoms with Crippen LogP contribution in [0.2, 0.25) is 0 Å². The Morgan fingerprint density at radius 3 is 1.86 bits per heavy atom. The fraction of sp³-hybridized carbons (Fsp3) is 0.211. The van der Waals surface area contributed by atoms with E-state index in [9.17, 15) is 9.59 Å². The molecule has 7 aromatic rings. The van der Waals surface area contributed by atoms with E-state index in [4.69, 9.17) is 8.83 Å². The number of aromatic nitrogens is 2. The Morgan fingerprint density at radius 2 is 1.18 bits per heavy atom. The molecule has 222 valence electrons. The molecular formula is C38H36N2O4. The highest BCUT2D eigenvalue weighted by molar-refractivity contribution is 6.23. The van der Waals surface area contributed by atoms with E-state index < -0.39 is 0 Å². The van der Waals surface area contributed by atoms with Gasteiger partial charge in [-0.15, -0.1) is 0 Å². The summed E-state index contributed by atoms with van der Waals surface area (Å²) in [5, 5.41) is 5.16. The van der Waals surface area contributed by atoms with Crippen LogP contribution in [0.4, 0.5) is 0 Å². The second kappa shape index (κ2) is 10.9. The molecule has 4 heterocycles. The number of hydrogen-bond acceptors (Lipinski definition) is 4. The van der Waals surface area contributed by atoms with Crippen molar-refractivity contribution < 1.29 is 8.83 Å². The summed E-state index contributed by atoms with van der Waals surface area (Å²) in [6, 6.07) is 27.4. The third kappa shape index (κ3) is 5.51. The lowest BCUT2D eigenvalue weighted by molar-refractivity contribution is 0.417. The third-order valence-corrected chi connectivity index (χ3v) is 7.74. The van der Waals surface area contributed by atoms with Gasteiger partial charge in [0.2, 0.25) is 11.1 Å². The number of furan rings is 2. The molecule has 0 saturated carbocycles. The maximum Gasteiger partial charge on any atom is 0.248 e. The molecule has 0 aliphatic rings. The lowest BCUT2D eigenvalue weighted by Gasteiger charge is -2.14. The van der Waals surface area contributed by atoms with Crippen LogP contribution >= 0.6 is 0 Å². The second-order valence-electron chi connectivity index (χ2n) is 13.2. The Kier molecular flexibility index (Phi) is 7.16. The van der Waals surface area contributed by atoms with Gasteiger partial charge in [-0.1, -0.05) is 96.1 Å². The molecule has 2 N–H and O–H groups in total. The van der Waals surface area contributed by atoms with Gasteiger partial charge in [0.15, 0.2) is 0 Å². The minimum absolute atomic E-state index is 0.0757. The molecule has 0 bridgehead atoms. The Balaban J connectivity index is 0.000000156. The fourth-order valence-electron chi connectivity index (χ4n) is 5.39. The molecule has 0 aliphatic carbocycles. The smallest absolute Gasteiger partial charge is 0.248 e. The zero-order valence-electron chi connectivity index (χ0n) is 25.9. The summed E-state index contributed by atoms with van der Waals surface area (Å²) in [6.07, 6.45) is 3.46. The van der Waals surface area contributed by atoms with Crippen LogP contribution < -0.4 is 11.1 Å². The summed E-state index contributed by atoms with van der Waals surface area (Å²) in [4.78, 5) is 28.8. The van der Waals surface area contributed by atoms with Crippen LogP contribution in [0.25, 0.3) is 55.0 Å². The first-order valence-electron chi connectivity index (χ1n) is 14.8. The summed E-state index contributed by atoms with van der Waals surface area (Å²) in [5.74, 6) is 2.64. The third-order valence-electron chi connectivity index (χ3n) is 7.74. The normalized spacial score (nSPS) is 12.0. The summed E-state index contributed by atoms with van der Waals surface area (Å²) in [5.41, 5.74) is 3.30. The van der Waals surface area contributed by atoms with Gasteiger partial charge < -0.3 is 18.8 Å². The van der Waals surface area contributed by atoms with Crippen molar-refractivity contribution >= 4 is 32.5 Å². The lowest BCUT2D eigenvalue weighted by Crippen LogP contribution is -2.09. The fourth-order valence-corrected chi connectivity index (χ4v) is 5.39. The van der Waals surface area contributed by atoms with E-state index in [0.717, 1.165) is 66.5 Å². The zero-order chi connectivity index (χ0) is 31.2. The molecule has 0 saturated heterocycles. The van der Waals surface area contributed by atoms with Crippen molar-refractivity contribution in [2.45, 2.75) is 52.4 Å². The van der Waals surface area contributed by atoms with E-state index in [2.05, 4.69) is 69.7 Å². The topological polar surface area (TPSA) is 92.0 Å². The van der Waals surface area contributed by atoms with E-state index >= 15 is 0 Å². The van der Waals surface area contributed by atoms with Crippen LogP contribution in [0.15, 0.2) is 116 Å². The quantitative estimate of drug-likeness (QED) is 0.198. The molecule has 0 fully saturated rings. The highest BCUT2D eigenvalue weighted by Gasteiger charge is 2.24. The molecule has 0 aliphatic heterocycles. The van der Waals surface area contributed by atoms with E-state index in [1.807, 2.05) is 54.6 Å².